The Hall–Kier alpha value is -5.96. The smallest absolute Gasteiger partial charge is 0.0468 e. The molecule has 2 heteroatoms. The molecule has 1 nitrogen and oxygen atoms in total. The molecule has 0 saturated carbocycles. The van der Waals surface area contributed by atoms with Crippen molar-refractivity contribution in [2.75, 3.05) is 4.90 Å². The van der Waals surface area contributed by atoms with Crippen molar-refractivity contribution >= 4 is 59.3 Å². The minimum atomic E-state index is -0.0801. The lowest BCUT2D eigenvalue weighted by Crippen LogP contribution is -2.16. The lowest BCUT2D eigenvalue weighted by atomic mass is 9.82. The fourth-order valence-electron chi connectivity index (χ4n) is 9.64. The number of rotatable bonds is 4. The van der Waals surface area contributed by atoms with E-state index >= 15 is 0 Å². The molecule has 258 valence electrons. The number of hydrogen-bond acceptors (Lipinski definition) is 2. The van der Waals surface area contributed by atoms with Gasteiger partial charge >= 0.3 is 0 Å². The highest BCUT2D eigenvalue weighted by atomic mass is 32.1. The zero-order valence-electron chi connectivity index (χ0n) is 30.9. The van der Waals surface area contributed by atoms with Crippen LogP contribution in [0.5, 0.6) is 0 Å². The first-order valence-corrected chi connectivity index (χ1v) is 19.8. The summed E-state index contributed by atoms with van der Waals surface area (Å²) >= 11 is 1.91. The lowest BCUT2D eigenvalue weighted by molar-refractivity contribution is 0.660. The molecule has 1 aromatic heterocycles. The molecule has 0 spiro atoms. The van der Waals surface area contributed by atoms with Gasteiger partial charge in [-0.2, -0.15) is 0 Å². The summed E-state index contributed by atoms with van der Waals surface area (Å²) in [5.41, 5.74) is 16.9. The van der Waals surface area contributed by atoms with Crippen LogP contribution in [0.4, 0.5) is 17.1 Å². The monoisotopic (exact) mass is 709 g/mol. The third-order valence-corrected chi connectivity index (χ3v) is 13.6. The van der Waals surface area contributed by atoms with Gasteiger partial charge in [0.1, 0.15) is 0 Å². The molecule has 8 aromatic carbocycles. The topological polar surface area (TPSA) is 3.24 Å². The summed E-state index contributed by atoms with van der Waals surface area (Å²) < 4.78 is 2.69. The largest absolute Gasteiger partial charge is 0.310 e. The molecule has 0 amide bonds. The summed E-state index contributed by atoms with van der Waals surface area (Å²) in [4.78, 5) is 2.42. The molecule has 0 aliphatic heterocycles. The zero-order chi connectivity index (χ0) is 36.3. The molecule has 0 atom stereocenters. The maximum absolute atomic E-state index is 2.43. The minimum Gasteiger partial charge on any atom is -0.310 e. The molecule has 0 N–H and O–H groups in total. The summed E-state index contributed by atoms with van der Waals surface area (Å²) in [6.07, 6.45) is 0. The average molecular weight is 710 g/mol. The normalized spacial score (nSPS) is 14.6. The molecule has 0 bridgehead atoms. The Morgan fingerprint density at radius 1 is 0.407 bits per heavy atom. The molecule has 0 saturated heterocycles. The van der Waals surface area contributed by atoms with E-state index in [4.69, 9.17) is 0 Å². The van der Waals surface area contributed by atoms with Crippen LogP contribution in [0.15, 0.2) is 164 Å². The van der Waals surface area contributed by atoms with Crippen molar-refractivity contribution in [3.8, 4) is 33.4 Å². The molecule has 2 aliphatic rings. The van der Waals surface area contributed by atoms with Crippen LogP contribution in [0.1, 0.15) is 49.9 Å². The van der Waals surface area contributed by atoms with Crippen molar-refractivity contribution in [3.63, 3.8) is 0 Å². The van der Waals surface area contributed by atoms with E-state index in [2.05, 4.69) is 196 Å². The number of nitrogens with zero attached hydrogens (tertiary/aromatic N) is 1. The third kappa shape index (κ3) is 4.44. The van der Waals surface area contributed by atoms with Crippen molar-refractivity contribution in [2.24, 2.45) is 0 Å². The summed E-state index contributed by atoms with van der Waals surface area (Å²) in [7, 11) is 0. The van der Waals surface area contributed by atoms with Crippen LogP contribution < -0.4 is 4.90 Å². The van der Waals surface area contributed by atoms with Crippen LogP contribution in [-0.2, 0) is 10.8 Å². The SMILES string of the molecule is CC1(C)c2ccccc2-c2ccc(N(c3ccc(-c4ccc5sc6ccc7c(c6c5c4)-c4ccccc4C7(C)C)cc3)c3ccc4ccccc4c3)cc21. The Balaban J connectivity index is 1.04. The second-order valence-electron chi connectivity index (χ2n) is 16.2. The molecule has 1 heterocycles. The highest BCUT2D eigenvalue weighted by Gasteiger charge is 2.37. The average Bonchev–Trinajstić information content (AvgIpc) is 3.77. The highest BCUT2D eigenvalue weighted by Crippen LogP contribution is 2.54. The van der Waals surface area contributed by atoms with Gasteiger partial charge in [0.15, 0.2) is 0 Å². The van der Waals surface area contributed by atoms with Crippen LogP contribution in [0, 0.1) is 0 Å². The maximum atomic E-state index is 2.43. The molecule has 0 fully saturated rings. The fourth-order valence-corrected chi connectivity index (χ4v) is 10.7. The van der Waals surface area contributed by atoms with Gasteiger partial charge in [-0.1, -0.05) is 137 Å². The van der Waals surface area contributed by atoms with Crippen molar-refractivity contribution in [2.45, 2.75) is 38.5 Å². The Morgan fingerprint density at radius 3 is 1.81 bits per heavy atom. The molecule has 11 rings (SSSR count). The van der Waals surface area contributed by atoms with E-state index in [-0.39, 0.29) is 10.8 Å². The van der Waals surface area contributed by atoms with Gasteiger partial charge in [-0.25, -0.2) is 0 Å². The van der Waals surface area contributed by atoms with E-state index in [0.29, 0.717) is 0 Å². The standard InChI is InChI=1S/C52H39NS/c1-51(2)44-16-10-8-14-41(44)49-45(51)26-28-48-50(49)42-30-35(20-27-47(42)54-48)33-17-21-36(22-18-33)53(37-23-19-32-11-5-6-12-34(32)29-37)38-24-25-40-39-13-7-9-15-43(39)52(3,4)46(40)31-38/h5-31H,1-4H3. The van der Waals surface area contributed by atoms with Gasteiger partial charge in [0.25, 0.3) is 0 Å². The van der Waals surface area contributed by atoms with Crippen LogP contribution >= 0.6 is 11.3 Å². The van der Waals surface area contributed by atoms with E-state index in [1.807, 2.05) is 11.3 Å². The molecular formula is C52H39NS. The Bertz CT molecular complexity index is 3000. The summed E-state index contributed by atoms with van der Waals surface area (Å²) in [6.45, 7) is 9.46. The van der Waals surface area contributed by atoms with Gasteiger partial charge < -0.3 is 4.90 Å². The molecule has 54 heavy (non-hydrogen) atoms. The lowest BCUT2D eigenvalue weighted by Gasteiger charge is -2.28. The second kappa shape index (κ2) is 11.3. The van der Waals surface area contributed by atoms with Crippen LogP contribution in [-0.4, -0.2) is 0 Å². The number of hydrogen-bond donors (Lipinski definition) is 0. The van der Waals surface area contributed by atoms with Gasteiger partial charge in [-0.15, -0.1) is 11.3 Å². The minimum absolute atomic E-state index is 0.0166. The van der Waals surface area contributed by atoms with Gasteiger partial charge in [0, 0.05) is 48.1 Å². The third-order valence-electron chi connectivity index (χ3n) is 12.5. The van der Waals surface area contributed by atoms with Crippen LogP contribution in [0.2, 0.25) is 0 Å². The van der Waals surface area contributed by atoms with Crippen molar-refractivity contribution in [3.05, 3.63) is 186 Å². The molecule has 0 unspecified atom stereocenters. The zero-order valence-corrected chi connectivity index (χ0v) is 31.8. The first kappa shape index (κ1) is 31.6. The van der Waals surface area contributed by atoms with E-state index in [0.717, 1.165) is 11.4 Å². The van der Waals surface area contributed by atoms with Gasteiger partial charge in [-0.05, 0) is 121 Å². The summed E-state index contributed by atoms with van der Waals surface area (Å²) in [6, 6.07) is 61.4. The van der Waals surface area contributed by atoms with Crippen molar-refractivity contribution in [1.29, 1.82) is 0 Å². The summed E-state index contributed by atoms with van der Waals surface area (Å²) in [5, 5.41) is 5.23. The van der Waals surface area contributed by atoms with E-state index in [1.54, 1.807) is 0 Å². The predicted octanol–water partition coefficient (Wildman–Crippen LogP) is 15.0. The quantitative estimate of drug-likeness (QED) is 0.176. The van der Waals surface area contributed by atoms with Gasteiger partial charge in [-0.3, -0.25) is 0 Å². The first-order chi connectivity index (χ1) is 26.3. The molecule has 2 aliphatic carbocycles. The van der Waals surface area contributed by atoms with Gasteiger partial charge in [0.2, 0.25) is 0 Å². The Kier molecular flexibility index (Phi) is 6.59. The van der Waals surface area contributed by atoms with Crippen molar-refractivity contribution in [1.82, 2.24) is 0 Å². The number of anilines is 3. The maximum Gasteiger partial charge on any atom is 0.0468 e. The second-order valence-corrected chi connectivity index (χ2v) is 17.2. The van der Waals surface area contributed by atoms with Crippen molar-refractivity contribution < 1.29 is 0 Å². The first-order valence-electron chi connectivity index (χ1n) is 19.0. The Morgan fingerprint density at radius 2 is 1.00 bits per heavy atom. The fraction of sp³-hybridized carbons (Fsp3) is 0.115. The van der Waals surface area contributed by atoms with E-state index < -0.39 is 0 Å². The summed E-state index contributed by atoms with van der Waals surface area (Å²) in [5.74, 6) is 0. The van der Waals surface area contributed by atoms with Crippen LogP contribution in [0.25, 0.3) is 64.3 Å². The number of fused-ring (bicyclic) bond motifs is 11. The predicted molar refractivity (Wildman–Crippen MR) is 232 cm³/mol. The van der Waals surface area contributed by atoms with E-state index in [1.165, 1.54) is 92.3 Å². The Labute approximate surface area is 320 Å². The van der Waals surface area contributed by atoms with Crippen LogP contribution in [0.3, 0.4) is 0 Å². The molecular weight excluding hydrogens is 671 g/mol. The highest BCUT2D eigenvalue weighted by molar-refractivity contribution is 7.26. The van der Waals surface area contributed by atoms with E-state index in [9.17, 15) is 0 Å². The molecule has 0 radical (unpaired) electrons. The number of benzene rings is 8. The van der Waals surface area contributed by atoms with Gasteiger partial charge in [0.05, 0.1) is 0 Å². The number of thiophene rings is 1. The molecule has 9 aromatic rings.